The fourth-order valence-electron chi connectivity index (χ4n) is 5.14. The van der Waals surface area contributed by atoms with Crippen molar-refractivity contribution in [3.05, 3.63) is 71.8 Å². The summed E-state index contributed by atoms with van der Waals surface area (Å²) < 4.78 is 28.2. The summed E-state index contributed by atoms with van der Waals surface area (Å²) in [4.78, 5) is 24.9. The highest BCUT2D eigenvalue weighted by molar-refractivity contribution is 5.90. The van der Waals surface area contributed by atoms with E-state index in [1.54, 1.807) is 48.1 Å². The van der Waals surface area contributed by atoms with Gasteiger partial charge in [-0.15, -0.1) is 0 Å². The van der Waals surface area contributed by atoms with Crippen LogP contribution in [0.3, 0.4) is 0 Å². The maximum absolute atomic E-state index is 15.4. The summed E-state index contributed by atoms with van der Waals surface area (Å²) in [6.45, 7) is 2.63. The molecule has 1 aliphatic rings. The molecule has 0 saturated carbocycles. The molecule has 3 heterocycles. The van der Waals surface area contributed by atoms with Gasteiger partial charge in [0.1, 0.15) is 5.82 Å². The van der Waals surface area contributed by atoms with Gasteiger partial charge in [-0.25, -0.2) is 14.2 Å². The molecule has 2 aromatic heterocycles. The van der Waals surface area contributed by atoms with Crippen LogP contribution >= 0.6 is 0 Å². The number of likely N-dealkylation sites (tertiary alicyclic amines) is 1. The van der Waals surface area contributed by atoms with E-state index in [0.717, 1.165) is 31.5 Å². The standard InChI is InChI=1S/C30H31FN6O3/c1-35-13-4-5-21(17-35)19-40-29-34-27(22-8-6-20(16-32)7-9-22)26(28-33-12-14-37(28)29)23-10-11-24(25(31)15-23)18-36(2)30(38)39-3/h6-12,14-15,21H,4-5,13,17-19H2,1-3H3/t21-/m1/s1. The molecule has 0 aliphatic carbocycles. The number of ether oxygens (including phenoxy) is 2. The van der Waals surface area contributed by atoms with E-state index in [9.17, 15) is 10.1 Å². The Balaban J connectivity index is 1.58. The fraction of sp³-hybridized carbons (Fsp3) is 0.333. The Hall–Kier alpha value is -4.49. The van der Waals surface area contributed by atoms with Gasteiger partial charge in [-0.05, 0) is 50.2 Å². The zero-order valence-electron chi connectivity index (χ0n) is 22.8. The molecule has 1 fully saturated rings. The molecule has 0 N–H and O–H groups in total. The quantitative estimate of drug-likeness (QED) is 0.325. The Labute approximate surface area is 232 Å². The third-order valence-electron chi connectivity index (χ3n) is 7.21. The van der Waals surface area contributed by atoms with Gasteiger partial charge in [-0.2, -0.15) is 10.2 Å². The molecule has 1 saturated heterocycles. The van der Waals surface area contributed by atoms with Crippen molar-refractivity contribution in [2.45, 2.75) is 19.4 Å². The number of hydrogen-bond donors (Lipinski definition) is 0. The van der Waals surface area contributed by atoms with Crippen molar-refractivity contribution in [3.8, 4) is 34.5 Å². The lowest BCUT2D eigenvalue weighted by Crippen LogP contribution is -2.35. The minimum atomic E-state index is -0.551. The van der Waals surface area contributed by atoms with Crippen LogP contribution in [0, 0.1) is 23.1 Å². The van der Waals surface area contributed by atoms with Crippen molar-refractivity contribution < 1.29 is 18.7 Å². The predicted molar refractivity (Wildman–Crippen MR) is 148 cm³/mol. The third kappa shape index (κ3) is 5.60. The maximum Gasteiger partial charge on any atom is 0.409 e. The van der Waals surface area contributed by atoms with E-state index in [4.69, 9.17) is 14.5 Å². The van der Waals surface area contributed by atoms with Crippen molar-refractivity contribution in [2.24, 2.45) is 5.92 Å². The van der Waals surface area contributed by atoms with E-state index in [0.29, 0.717) is 52.1 Å². The first-order valence-electron chi connectivity index (χ1n) is 13.1. The number of carbonyl (C=O) groups excluding carboxylic acids is 1. The molecule has 10 heteroatoms. The molecular weight excluding hydrogens is 511 g/mol. The highest BCUT2D eigenvalue weighted by Crippen LogP contribution is 2.37. The van der Waals surface area contributed by atoms with Crippen LogP contribution in [0.4, 0.5) is 9.18 Å². The van der Waals surface area contributed by atoms with E-state index in [-0.39, 0.29) is 6.54 Å². The predicted octanol–water partition coefficient (Wildman–Crippen LogP) is 4.99. The number of fused-ring (bicyclic) bond motifs is 1. The van der Waals surface area contributed by atoms with Crippen molar-refractivity contribution in [2.75, 3.05) is 40.9 Å². The normalized spacial score (nSPS) is 15.5. The van der Waals surface area contributed by atoms with Crippen molar-refractivity contribution >= 4 is 11.7 Å². The summed E-state index contributed by atoms with van der Waals surface area (Å²) in [6, 6.07) is 14.5. The second-order valence-electron chi connectivity index (χ2n) is 10.1. The number of rotatable bonds is 7. The number of carbonyl (C=O) groups is 1. The number of imidazole rings is 1. The molecule has 0 radical (unpaired) electrons. The zero-order chi connectivity index (χ0) is 28.2. The second kappa shape index (κ2) is 11.7. The fourth-order valence-corrected chi connectivity index (χ4v) is 5.14. The minimum Gasteiger partial charge on any atom is -0.464 e. The van der Waals surface area contributed by atoms with Gasteiger partial charge in [-0.1, -0.05) is 24.3 Å². The van der Waals surface area contributed by atoms with E-state index < -0.39 is 11.9 Å². The smallest absolute Gasteiger partial charge is 0.409 e. The van der Waals surface area contributed by atoms with Crippen molar-refractivity contribution in [1.82, 2.24) is 24.2 Å². The van der Waals surface area contributed by atoms with E-state index in [2.05, 4.69) is 23.0 Å². The van der Waals surface area contributed by atoms with Crippen LogP contribution in [0.2, 0.25) is 0 Å². The number of nitriles is 1. The van der Waals surface area contributed by atoms with E-state index in [1.807, 2.05) is 12.1 Å². The van der Waals surface area contributed by atoms with Crippen LogP contribution in [0.15, 0.2) is 54.9 Å². The second-order valence-corrected chi connectivity index (χ2v) is 10.1. The Morgan fingerprint density at radius 1 is 1.23 bits per heavy atom. The molecule has 0 spiro atoms. The molecule has 0 bridgehead atoms. The van der Waals surface area contributed by atoms with Crippen molar-refractivity contribution in [1.29, 1.82) is 5.26 Å². The summed E-state index contributed by atoms with van der Waals surface area (Å²) in [5.41, 5.74) is 3.96. The van der Waals surface area contributed by atoms with Gasteiger partial charge in [0, 0.05) is 43.0 Å². The molecule has 4 aromatic rings. The van der Waals surface area contributed by atoms with Crippen LogP contribution in [0.5, 0.6) is 6.01 Å². The van der Waals surface area contributed by atoms with Gasteiger partial charge < -0.3 is 19.3 Å². The lowest BCUT2D eigenvalue weighted by atomic mass is 9.98. The van der Waals surface area contributed by atoms with Gasteiger partial charge >= 0.3 is 12.1 Å². The van der Waals surface area contributed by atoms with Crippen molar-refractivity contribution in [3.63, 3.8) is 0 Å². The first kappa shape index (κ1) is 27.1. The number of benzene rings is 2. The lowest BCUT2D eigenvalue weighted by Gasteiger charge is -2.29. The molecule has 40 heavy (non-hydrogen) atoms. The molecular formula is C30H31FN6O3. The molecule has 0 unspecified atom stereocenters. The summed E-state index contributed by atoms with van der Waals surface area (Å²) in [6.07, 6.45) is 5.12. The zero-order valence-corrected chi connectivity index (χ0v) is 22.8. The summed E-state index contributed by atoms with van der Waals surface area (Å²) in [7, 11) is 4.95. The Kier molecular flexibility index (Phi) is 7.94. The number of aromatic nitrogens is 3. The first-order chi connectivity index (χ1) is 19.4. The van der Waals surface area contributed by atoms with Crippen LogP contribution in [0.1, 0.15) is 24.0 Å². The van der Waals surface area contributed by atoms with Gasteiger partial charge in [0.25, 0.3) is 0 Å². The molecule has 1 amide bonds. The van der Waals surface area contributed by atoms with Crippen LogP contribution in [-0.2, 0) is 11.3 Å². The summed E-state index contributed by atoms with van der Waals surface area (Å²) >= 11 is 0. The first-order valence-corrected chi connectivity index (χ1v) is 13.1. The number of halogens is 1. The Bertz CT molecular complexity index is 1560. The topological polar surface area (TPSA) is 96.0 Å². The minimum absolute atomic E-state index is 0.0570. The van der Waals surface area contributed by atoms with Gasteiger partial charge in [0.05, 0.1) is 43.2 Å². The van der Waals surface area contributed by atoms with Crippen LogP contribution in [0.25, 0.3) is 28.0 Å². The molecule has 1 atom stereocenters. The largest absolute Gasteiger partial charge is 0.464 e. The molecule has 206 valence electrons. The Morgan fingerprint density at radius 3 is 2.70 bits per heavy atom. The van der Waals surface area contributed by atoms with Gasteiger partial charge in [0.15, 0.2) is 5.65 Å². The highest BCUT2D eigenvalue weighted by Gasteiger charge is 2.23. The molecule has 2 aromatic carbocycles. The van der Waals surface area contributed by atoms with Gasteiger partial charge in [0.2, 0.25) is 0 Å². The average molecular weight is 543 g/mol. The number of nitrogens with zero attached hydrogens (tertiary/aromatic N) is 6. The van der Waals surface area contributed by atoms with Crippen LogP contribution < -0.4 is 4.74 Å². The molecule has 9 nitrogen and oxygen atoms in total. The Morgan fingerprint density at radius 2 is 2.00 bits per heavy atom. The SMILES string of the molecule is COC(=O)N(C)Cc1ccc(-c2c(-c3ccc(C#N)cc3)nc(OC[C@@H]3CCCN(C)C3)n3ccnc23)cc1F. The summed E-state index contributed by atoms with van der Waals surface area (Å²) in [5, 5.41) is 9.29. The van der Waals surface area contributed by atoms with Gasteiger partial charge in [-0.3, -0.25) is 4.40 Å². The number of methoxy groups -OCH3 is 1. The lowest BCUT2D eigenvalue weighted by molar-refractivity contribution is 0.131. The van der Waals surface area contributed by atoms with Crippen LogP contribution in [-0.4, -0.2) is 71.2 Å². The number of piperidine rings is 1. The average Bonchev–Trinajstić information content (AvgIpc) is 3.46. The number of hydrogen-bond acceptors (Lipinski definition) is 7. The van der Waals surface area contributed by atoms with E-state index >= 15 is 4.39 Å². The monoisotopic (exact) mass is 542 g/mol. The molecule has 1 aliphatic heterocycles. The van der Waals surface area contributed by atoms with E-state index in [1.165, 1.54) is 18.1 Å². The third-order valence-corrected chi connectivity index (χ3v) is 7.21. The molecule has 5 rings (SSSR count). The maximum atomic E-state index is 15.4. The number of amides is 1. The highest BCUT2D eigenvalue weighted by atomic mass is 19.1. The summed E-state index contributed by atoms with van der Waals surface area (Å²) in [5.74, 6) is -0.0765.